The summed E-state index contributed by atoms with van der Waals surface area (Å²) in [5.74, 6) is -2.18. The van der Waals surface area contributed by atoms with Gasteiger partial charge in [-0.15, -0.1) is 0 Å². The third-order valence-electron chi connectivity index (χ3n) is 4.16. The second-order valence-electron chi connectivity index (χ2n) is 6.60. The highest BCUT2D eigenvalue weighted by atomic mass is 19.2. The van der Waals surface area contributed by atoms with E-state index in [-0.39, 0.29) is 29.5 Å². The molecule has 1 aromatic rings. The molecule has 1 atom stereocenters. The molecule has 0 aromatic heterocycles. The van der Waals surface area contributed by atoms with Gasteiger partial charge in [-0.1, -0.05) is 0 Å². The highest BCUT2D eigenvalue weighted by molar-refractivity contribution is 5.82. The molecule has 1 saturated heterocycles. The summed E-state index contributed by atoms with van der Waals surface area (Å²) in [5.41, 5.74) is 0. The van der Waals surface area contributed by atoms with Crippen LogP contribution in [0.4, 0.5) is 8.78 Å². The van der Waals surface area contributed by atoms with Crippen LogP contribution in [0.5, 0.6) is 5.75 Å². The molecule has 1 N–H and O–H groups in total. The van der Waals surface area contributed by atoms with Gasteiger partial charge in [0.25, 0.3) is 5.91 Å². The number of likely N-dealkylation sites (tertiary alicyclic amines) is 1. The molecule has 0 aliphatic carbocycles. The van der Waals surface area contributed by atoms with Gasteiger partial charge in [0, 0.05) is 31.1 Å². The SMILES string of the molecule is CC(C)NC(=O)C1CCN(C(=O)C(C)Oc2ccc(F)c(F)c2)CC1. The van der Waals surface area contributed by atoms with Crippen molar-refractivity contribution in [3.05, 3.63) is 29.8 Å². The number of carbonyl (C=O) groups is 2. The van der Waals surface area contributed by atoms with Crippen LogP contribution in [-0.2, 0) is 9.59 Å². The van der Waals surface area contributed by atoms with Crippen molar-refractivity contribution in [2.24, 2.45) is 5.92 Å². The molecule has 2 amide bonds. The Kier molecular flexibility index (Phi) is 6.33. The lowest BCUT2D eigenvalue weighted by molar-refractivity contribution is -0.141. The van der Waals surface area contributed by atoms with Crippen molar-refractivity contribution < 1.29 is 23.1 Å². The topological polar surface area (TPSA) is 58.6 Å². The van der Waals surface area contributed by atoms with E-state index in [9.17, 15) is 18.4 Å². The fourth-order valence-corrected chi connectivity index (χ4v) is 2.83. The van der Waals surface area contributed by atoms with Crippen molar-refractivity contribution >= 4 is 11.8 Å². The number of hydrogen-bond acceptors (Lipinski definition) is 3. The zero-order valence-electron chi connectivity index (χ0n) is 14.7. The van der Waals surface area contributed by atoms with Gasteiger partial charge in [-0.25, -0.2) is 8.78 Å². The standard InChI is InChI=1S/C18H24F2N2O3/c1-11(2)21-17(23)13-6-8-22(9-7-13)18(24)12(3)25-14-4-5-15(19)16(20)10-14/h4-5,10-13H,6-9H2,1-3H3,(H,21,23). The van der Waals surface area contributed by atoms with E-state index in [0.717, 1.165) is 12.1 Å². The summed E-state index contributed by atoms with van der Waals surface area (Å²) in [4.78, 5) is 26.1. The monoisotopic (exact) mass is 354 g/mol. The van der Waals surface area contributed by atoms with Gasteiger partial charge in [-0.2, -0.15) is 0 Å². The van der Waals surface area contributed by atoms with E-state index in [1.165, 1.54) is 6.07 Å². The number of hydrogen-bond donors (Lipinski definition) is 1. The van der Waals surface area contributed by atoms with Gasteiger partial charge in [-0.05, 0) is 45.7 Å². The van der Waals surface area contributed by atoms with Gasteiger partial charge in [0.05, 0.1) is 0 Å². The molecule has 5 nitrogen and oxygen atoms in total. The van der Waals surface area contributed by atoms with E-state index in [1.54, 1.807) is 11.8 Å². The zero-order valence-corrected chi connectivity index (χ0v) is 14.7. The van der Waals surface area contributed by atoms with Crippen molar-refractivity contribution in [1.82, 2.24) is 10.2 Å². The molecule has 1 aliphatic rings. The normalized spacial score (nSPS) is 16.6. The smallest absolute Gasteiger partial charge is 0.263 e. The predicted octanol–water partition coefficient (Wildman–Crippen LogP) is 2.50. The summed E-state index contributed by atoms with van der Waals surface area (Å²) in [6, 6.07) is 3.25. The Hall–Kier alpha value is -2.18. The largest absolute Gasteiger partial charge is 0.481 e. The number of rotatable bonds is 5. The number of nitrogens with one attached hydrogen (secondary N) is 1. The summed E-state index contributed by atoms with van der Waals surface area (Å²) in [6.45, 7) is 6.34. The van der Waals surface area contributed by atoms with Crippen LogP contribution in [0.25, 0.3) is 0 Å². The summed E-state index contributed by atoms with van der Waals surface area (Å²) < 4.78 is 31.5. The maximum absolute atomic E-state index is 13.2. The fraction of sp³-hybridized carbons (Fsp3) is 0.556. The minimum atomic E-state index is -1.02. The Bertz CT molecular complexity index is 629. The van der Waals surface area contributed by atoms with Crippen LogP contribution >= 0.6 is 0 Å². The average molecular weight is 354 g/mol. The van der Waals surface area contributed by atoms with Gasteiger partial charge in [-0.3, -0.25) is 9.59 Å². The molecule has 7 heteroatoms. The van der Waals surface area contributed by atoms with Crippen molar-refractivity contribution in [2.75, 3.05) is 13.1 Å². The molecule has 0 saturated carbocycles. The second-order valence-corrected chi connectivity index (χ2v) is 6.60. The van der Waals surface area contributed by atoms with Crippen LogP contribution in [0.15, 0.2) is 18.2 Å². The maximum atomic E-state index is 13.2. The summed E-state index contributed by atoms with van der Waals surface area (Å²) >= 11 is 0. The Morgan fingerprint density at radius 3 is 2.36 bits per heavy atom. The van der Waals surface area contributed by atoms with Gasteiger partial charge in [0.1, 0.15) is 5.75 Å². The van der Waals surface area contributed by atoms with Crippen LogP contribution in [0, 0.1) is 17.6 Å². The lowest BCUT2D eigenvalue weighted by Crippen LogP contribution is -2.47. The molecular formula is C18H24F2N2O3. The number of halogens is 2. The maximum Gasteiger partial charge on any atom is 0.263 e. The summed E-state index contributed by atoms with van der Waals surface area (Å²) in [6.07, 6.45) is 0.385. The van der Waals surface area contributed by atoms with E-state index in [4.69, 9.17) is 4.74 Å². The Morgan fingerprint density at radius 1 is 1.16 bits per heavy atom. The Balaban J connectivity index is 1.86. The quantitative estimate of drug-likeness (QED) is 0.884. The van der Waals surface area contributed by atoms with Crippen molar-refractivity contribution in [1.29, 1.82) is 0 Å². The van der Waals surface area contributed by atoms with Crippen LogP contribution in [-0.4, -0.2) is 41.9 Å². The van der Waals surface area contributed by atoms with Gasteiger partial charge in [0.2, 0.25) is 5.91 Å². The minimum Gasteiger partial charge on any atom is -0.481 e. The predicted molar refractivity (Wildman–Crippen MR) is 89.0 cm³/mol. The van der Waals surface area contributed by atoms with Gasteiger partial charge < -0.3 is 15.0 Å². The third kappa shape index (κ3) is 5.14. The highest BCUT2D eigenvalue weighted by Gasteiger charge is 2.30. The number of benzene rings is 1. The molecule has 1 heterocycles. The summed E-state index contributed by atoms with van der Waals surface area (Å²) in [7, 11) is 0. The number of amides is 2. The van der Waals surface area contributed by atoms with Gasteiger partial charge >= 0.3 is 0 Å². The Labute approximate surface area is 146 Å². The third-order valence-corrected chi connectivity index (χ3v) is 4.16. The molecular weight excluding hydrogens is 330 g/mol. The molecule has 1 aromatic carbocycles. The first-order valence-electron chi connectivity index (χ1n) is 8.48. The van der Waals surface area contributed by atoms with Crippen LogP contribution in [0.2, 0.25) is 0 Å². The number of ether oxygens (including phenoxy) is 1. The molecule has 25 heavy (non-hydrogen) atoms. The van der Waals surface area contributed by atoms with Crippen molar-refractivity contribution in [3.63, 3.8) is 0 Å². The fourth-order valence-electron chi connectivity index (χ4n) is 2.83. The van der Waals surface area contributed by atoms with E-state index >= 15 is 0 Å². The van der Waals surface area contributed by atoms with Crippen molar-refractivity contribution in [3.8, 4) is 5.75 Å². The van der Waals surface area contributed by atoms with Crippen molar-refractivity contribution in [2.45, 2.75) is 45.8 Å². The lowest BCUT2D eigenvalue weighted by atomic mass is 9.95. The van der Waals surface area contributed by atoms with Crippen LogP contribution < -0.4 is 10.1 Å². The molecule has 1 aliphatic heterocycles. The number of carbonyl (C=O) groups excluding carboxylic acids is 2. The first kappa shape index (κ1) is 19.1. The Morgan fingerprint density at radius 2 is 1.80 bits per heavy atom. The highest BCUT2D eigenvalue weighted by Crippen LogP contribution is 2.21. The van der Waals surface area contributed by atoms with E-state index in [2.05, 4.69) is 5.32 Å². The summed E-state index contributed by atoms with van der Waals surface area (Å²) in [5, 5.41) is 2.89. The molecule has 0 radical (unpaired) electrons. The van der Waals surface area contributed by atoms with E-state index in [1.807, 2.05) is 13.8 Å². The molecule has 2 rings (SSSR count). The second kappa shape index (κ2) is 8.27. The average Bonchev–Trinajstić information content (AvgIpc) is 2.57. The molecule has 0 bridgehead atoms. The zero-order chi connectivity index (χ0) is 18.6. The minimum absolute atomic E-state index is 0.0215. The first-order chi connectivity index (χ1) is 11.8. The first-order valence-corrected chi connectivity index (χ1v) is 8.48. The van der Waals surface area contributed by atoms with Crippen LogP contribution in [0.3, 0.4) is 0 Å². The van der Waals surface area contributed by atoms with E-state index in [0.29, 0.717) is 25.9 Å². The lowest BCUT2D eigenvalue weighted by Gasteiger charge is -2.33. The molecule has 138 valence electrons. The molecule has 0 spiro atoms. The molecule has 1 unspecified atom stereocenters. The number of piperidine rings is 1. The number of nitrogens with zero attached hydrogens (tertiary/aromatic N) is 1. The molecule has 1 fully saturated rings. The van der Waals surface area contributed by atoms with E-state index < -0.39 is 17.7 Å². The van der Waals surface area contributed by atoms with Gasteiger partial charge in [0.15, 0.2) is 17.7 Å². The van der Waals surface area contributed by atoms with Crippen LogP contribution in [0.1, 0.15) is 33.6 Å².